The first-order valence-electron chi connectivity index (χ1n) is 12.3. The van der Waals surface area contributed by atoms with Crippen molar-refractivity contribution in [3.63, 3.8) is 0 Å². The van der Waals surface area contributed by atoms with Crippen LogP contribution in [0.25, 0.3) is 10.2 Å². The second kappa shape index (κ2) is 11.3. The lowest BCUT2D eigenvalue weighted by Crippen LogP contribution is -2.34. The van der Waals surface area contributed by atoms with Gasteiger partial charge in [0.2, 0.25) is 0 Å². The van der Waals surface area contributed by atoms with E-state index in [1.165, 1.54) is 47.0 Å². The highest BCUT2D eigenvalue weighted by Crippen LogP contribution is 2.35. The van der Waals surface area contributed by atoms with Gasteiger partial charge in [-0.1, -0.05) is 35.6 Å². The Labute approximate surface area is 230 Å². The van der Waals surface area contributed by atoms with E-state index in [1.54, 1.807) is 40.0 Å². The van der Waals surface area contributed by atoms with Crippen LogP contribution >= 0.6 is 11.3 Å². The molecule has 0 fully saturated rings. The molecular formula is C28H27N5O4S2. The molecule has 11 heteroatoms. The molecule has 9 nitrogen and oxygen atoms in total. The van der Waals surface area contributed by atoms with Gasteiger partial charge in [0.15, 0.2) is 5.13 Å². The third kappa shape index (κ3) is 5.50. The number of fused-ring (bicyclic) bond motifs is 1. The molecule has 2 aromatic heterocycles. The first kappa shape index (κ1) is 26.4. The lowest BCUT2D eigenvalue weighted by molar-refractivity contribution is 0.0985. The van der Waals surface area contributed by atoms with Crippen molar-refractivity contribution in [1.29, 1.82) is 0 Å². The van der Waals surface area contributed by atoms with Gasteiger partial charge in [0.1, 0.15) is 11.3 Å². The number of sulfonamides is 1. The summed E-state index contributed by atoms with van der Waals surface area (Å²) >= 11 is 1.40. The molecule has 0 aliphatic rings. The Morgan fingerprint density at radius 1 is 1.00 bits per heavy atom. The van der Waals surface area contributed by atoms with E-state index in [-0.39, 0.29) is 10.8 Å². The van der Waals surface area contributed by atoms with Crippen LogP contribution in [0.4, 0.5) is 10.8 Å². The summed E-state index contributed by atoms with van der Waals surface area (Å²) in [5, 5.41) is 4.77. The third-order valence-electron chi connectivity index (χ3n) is 6.14. The fourth-order valence-electron chi connectivity index (χ4n) is 4.08. The Morgan fingerprint density at radius 2 is 1.77 bits per heavy atom. The van der Waals surface area contributed by atoms with Crippen LogP contribution in [0.2, 0.25) is 0 Å². The Balaban J connectivity index is 1.45. The SMILES string of the molecule is CCOc1cccc2sc(N(CCn3cccn3)C(=O)c3ccc(S(=O)(=O)N(C)c4ccccc4)cc3)nc12. The number of amides is 1. The van der Waals surface area contributed by atoms with Gasteiger partial charge in [-0.05, 0) is 61.5 Å². The number of anilines is 2. The van der Waals surface area contributed by atoms with Crippen molar-refractivity contribution < 1.29 is 17.9 Å². The van der Waals surface area contributed by atoms with Gasteiger partial charge in [0.05, 0.1) is 28.4 Å². The number of hydrogen-bond donors (Lipinski definition) is 0. The zero-order valence-electron chi connectivity index (χ0n) is 21.5. The van der Waals surface area contributed by atoms with Gasteiger partial charge >= 0.3 is 0 Å². The summed E-state index contributed by atoms with van der Waals surface area (Å²) in [6, 6.07) is 22.3. The number of nitrogens with zero attached hydrogens (tertiary/aromatic N) is 5. The summed E-state index contributed by atoms with van der Waals surface area (Å²) < 4.78 is 36.0. The van der Waals surface area contributed by atoms with Gasteiger partial charge < -0.3 is 4.74 Å². The molecule has 5 aromatic rings. The Kier molecular flexibility index (Phi) is 7.62. The van der Waals surface area contributed by atoms with E-state index in [0.29, 0.717) is 47.3 Å². The number of rotatable bonds is 10. The van der Waals surface area contributed by atoms with Crippen LogP contribution in [-0.2, 0) is 16.6 Å². The van der Waals surface area contributed by atoms with Crippen LogP contribution in [0.3, 0.4) is 0 Å². The summed E-state index contributed by atoms with van der Waals surface area (Å²) in [4.78, 5) is 20.2. The molecule has 0 unspecified atom stereocenters. The summed E-state index contributed by atoms with van der Waals surface area (Å²) in [6.07, 6.45) is 3.51. The average molecular weight is 562 g/mol. The second-order valence-corrected chi connectivity index (χ2v) is 11.6. The van der Waals surface area contributed by atoms with Crippen molar-refractivity contribution in [3.8, 4) is 5.75 Å². The average Bonchev–Trinajstić information content (AvgIpc) is 3.64. The van der Waals surface area contributed by atoms with Gasteiger partial charge in [-0.2, -0.15) is 5.10 Å². The van der Waals surface area contributed by atoms with Crippen LogP contribution < -0.4 is 13.9 Å². The number of thiazole rings is 1. The van der Waals surface area contributed by atoms with Gasteiger partial charge in [-0.3, -0.25) is 18.7 Å². The van der Waals surface area contributed by atoms with Crippen molar-refractivity contribution in [3.05, 3.63) is 96.8 Å². The zero-order chi connectivity index (χ0) is 27.4. The highest BCUT2D eigenvalue weighted by Gasteiger charge is 2.25. The highest BCUT2D eigenvalue weighted by atomic mass is 32.2. The van der Waals surface area contributed by atoms with E-state index in [1.807, 2.05) is 43.5 Å². The molecule has 200 valence electrons. The predicted molar refractivity (Wildman–Crippen MR) is 153 cm³/mol. The lowest BCUT2D eigenvalue weighted by Gasteiger charge is -2.21. The molecule has 3 aromatic carbocycles. The fraction of sp³-hybridized carbons (Fsp3) is 0.179. The topological polar surface area (TPSA) is 97.6 Å². The largest absolute Gasteiger partial charge is 0.492 e. The Morgan fingerprint density at radius 3 is 2.46 bits per heavy atom. The molecule has 0 N–H and O–H groups in total. The summed E-state index contributed by atoms with van der Waals surface area (Å²) in [7, 11) is -2.30. The number of benzene rings is 3. The first-order chi connectivity index (χ1) is 18.9. The van der Waals surface area contributed by atoms with Crippen molar-refractivity contribution in [2.75, 3.05) is 29.4 Å². The molecule has 0 aliphatic heterocycles. The Bertz CT molecular complexity index is 1670. The molecule has 2 heterocycles. The van der Waals surface area contributed by atoms with Gasteiger partial charge in [0.25, 0.3) is 15.9 Å². The van der Waals surface area contributed by atoms with Crippen LogP contribution in [0.1, 0.15) is 17.3 Å². The van der Waals surface area contributed by atoms with E-state index in [2.05, 4.69) is 5.10 Å². The molecule has 0 saturated carbocycles. The molecule has 0 radical (unpaired) electrons. The molecule has 5 rings (SSSR count). The maximum atomic E-state index is 13.8. The number of para-hydroxylation sites is 2. The van der Waals surface area contributed by atoms with E-state index in [4.69, 9.17) is 9.72 Å². The first-order valence-corrected chi connectivity index (χ1v) is 14.6. The quantitative estimate of drug-likeness (QED) is 0.236. The number of carbonyl (C=O) groups is 1. The van der Waals surface area contributed by atoms with Crippen LogP contribution in [-0.4, -0.2) is 49.3 Å². The molecule has 0 saturated heterocycles. The van der Waals surface area contributed by atoms with Crippen molar-refractivity contribution in [2.24, 2.45) is 0 Å². The van der Waals surface area contributed by atoms with Crippen molar-refractivity contribution in [1.82, 2.24) is 14.8 Å². The van der Waals surface area contributed by atoms with Gasteiger partial charge in [0, 0.05) is 31.5 Å². The van der Waals surface area contributed by atoms with Crippen LogP contribution in [0, 0.1) is 0 Å². The molecule has 1 amide bonds. The van der Waals surface area contributed by atoms with E-state index in [9.17, 15) is 13.2 Å². The maximum Gasteiger partial charge on any atom is 0.264 e. The second-order valence-electron chi connectivity index (χ2n) is 8.59. The van der Waals surface area contributed by atoms with Gasteiger partial charge in [-0.15, -0.1) is 0 Å². The Hall–Kier alpha value is -4.22. The fourth-order valence-corrected chi connectivity index (χ4v) is 6.28. The summed E-state index contributed by atoms with van der Waals surface area (Å²) in [5.74, 6) is 0.369. The normalized spacial score (nSPS) is 11.4. The summed E-state index contributed by atoms with van der Waals surface area (Å²) in [6.45, 7) is 3.19. The standard InChI is InChI=1S/C28H27N5O4S2/c1-3-37-24-11-7-12-25-26(24)30-28(38-25)33(20-19-32-18-8-17-29-32)27(34)21-13-15-23(16-14-21)39(35,36)31(2)22-9-5-4-6-10-22/h4-18H,3,19-20H2,1-2H3. The minimum atomic E-state index is -3.80. The lowest BCUT2D eigenvalue weighted by atomic mass is 10.2. The van der Waals surface area contributed by atoms with E-state index in [0.717, 1.165) is 4.70 Å². The number of ether oxygens (including phenoxy) is 1. The highest BCUT2D eigenvalue weighted by molar-refractivity contribution is 7.92. The minimum absolute atomic E-state index is 0.0924. The third-order valence-corrected chi connectivity index (χ3v) is 8.98. The number of carbonyl (C=O) groups excluding carboxylic acids is 1. The van der Waals surface area contributed by atoms with Crippen molar-refractivity contribution in [2.45, 2.75) is 18.4 Å². The van der Waals surface area contributed by atoms with Crippen LogP contribution in [0.15, 0.2) is 96.2 Å². The predicted octanol–water partition coefficient (Wildman–Crippen LogP) is 5.06. The van der Waals surface area contributed by atoms with Crippen molar-refractivity contribution >= 4 is 48.3 Å². The minimum Gasteiger partial charge on any atom is -0.492 e. The smallest absolute Gasteiger partial charge is 0.264 e. The molecule has 0 aliphatic carbocycles. The number of aromatic nitrogens is 3. The molecular weight excluding hydrogens is 534 g/mol. The van der Waals surface area contributed by atoms with Gasteiger partial charge in [-0.25, -0.2) is 13.4 Å². The van der Waals surface area contributed by atoms with E-state index >= 15 is 0 Å². The molecule has 0 spiro atoms. The molecule has 39 heavy (non-hydrogen) atoms. The maximum absolute atomic E-state index is 13.8. The number of hydrogen-bond acceptors (Lipinski definition) is 7. The van der Waals surface area contributed by atoms with E-state index < -0.39 is 10.0 Å². The molecule has 0 atom stereocenters. The summed E-state index contributed by atoms with van der Waals surface area (Å²) in [5.41, 5.74) is 1.59. The monoisotopic (exact) mass is 561 g/mol. The zero-order valence-corrected chi connectivity index (χ0v) is 23.1. The van der Waals surface area contributed by atoms with Crippen LogP contribution in [0.5, 0.6) is 5.75 Å². The molecule has 0 bridgehead atoms.